The Balaban J connectivity index is 2.31. The molecular weight excluding hydrogens is 246 g/mol. The molecule has 1 atom stereocenters. The molecule has 1 aliphatic heterocycles. The zero-order chi connectivity index (χ0) is 13.5. The van der Waals surface area contributed by atoms with Gasteiger partial charge in [-0.15, -0.1) is 0 Å². The van der Waals surface area contributed by atoms with Crippen LogP contribution in [0.4, 0.5) is 0 Å². The van der Waals surface area contributed by atoms with E-state index in [-0.39, 0.29) is 11.9 Å². The van der Waals surface area contributed by atoms with Gasteiger partial charge >= 0.3 is 0 Å². The predicted molar refractivity (Wildman–Crippen MR) is 78.8 cm³/mol. The van der Waals surface area contributed by atoms with Crippen LogP contribution < -0.4 is 5.73 Å². The number of carbonyl (C=O) groups excluding carboxylic acids is 1. The van der Waals surface area contributed by atoms with E-state index in [0.717, 1.165) is 50.6 Å². The minimum absolute atomic E-state index is 0.146. The number of amides is 1. The number of piperidine rings is 1. The minimum atomic E-state index is -0.303. The Hall–Kier alpha value is -0.260. The van der Waals surface area contributed by atoms with E-state index in [4.69, 9.17) is 5.73 Å². The standard InChI is InChI=1S/C13H27N3OS/c1-15(2)10-11-4-7-16(8-5-11)13(17)12(14)6-9-18-3/h11-12H,4-10,14H2,1-3H3/t12-/m0/s1. The summed E-state index contributed by atoms with van der Waals surface area (Å²) in [5.41, 5.74) is 5.94. The second kappa shape index (κ2) is 8.02. The Kier molecular flexibility index (Phi) is 7.04. The summed E-state index contributed by atoms with van der Waals surface area (Å²) in [5.74, 6) is 1.84. The SMILES string of the molecule is CSCC[C@H](N)C(=O)N1CCC(CN(C)C)CC1. The summed E-state index contributed by atoms with van der Waals surface area (Å²) in [4.78, 5) is 16.3. The second-order valence-electron chi connectivity index (χ2n) is 5.42. The summed E-state index contributed by atoms with van der Waals surface area (Å²) >= 11 is 1.74. The maximum Gasteiger partial charge on any atom is 0.239 e. The zero-order valence-corrected chi connectivity index (χ0v) is 12.7. The van der Waals surface area contributed by atoms with Gasteiger partial charge in [0.15, 0.2) is 0 Å². The van der Waals surface area contributed by atoms with E-state index in [0.29, 0.717) is 0 Å². The average molecular weight is 273 g/mol. The Labute approximate surface area is 115 Å². The van der Waals surface area contributed by atoms with Gasteiger partial charge in [0, 0.05) is 19.6 Å². The third-order valence-electron chi connectivity index (χ3n) is 3.50. The molecule has 5 heteroatoms. The van der Waals surface area contributed by atoms with Crippen molar-refractivity contribution in [3.05, 3.63) is 0 Å². The number of nitrogens with two attached hydrogens (primary N) is 1. The van der Waals surface area contributed by atoms with Gasteiger partial charge in [-0.05, 0) is 51.3 Å². The van der Waals surface area contributed by atoms with Crippen molar-refractivity contribution in [1.82, 2.24) is 9.80 Å². The highest BCUT2D eigenvalue weighted by Crippen LogP contribution is 2.18. The van der Waals surface area contributed by atoms with Crippen LogP contribution in [0.15, 0.2) is 0 Å². The van der Waals surface area contributed by atoms with E-state index in [1.807, 2.05) is 11.2 Å². The van der Waals surface area contributed by atoms with Gasteiger partial charge < -0.3 is 15.5 Å². The first-order valence-corrected chi connectivity index (χ1v) is 8.12. The highest BCUT2D eigenvalue weighted by molar-refractivity contribution is 7.98. The third kappa shape index (κ3) is 5.16. The van der Waals surface area contributed by atoms with Crippen LogP contribution in [0.25, 0.3) is 0 Å². The molecule has 0 aromatic carbocycles. The summed E-state index contributed by atoms with van der Waals surface area (Å²) < 4.78 is 0. The molecule has 2 N–H and O–H groups in total. The Morgan fingerprint density at radius 1 is 1.44 bits per heavy atom. The van der Waals surface area contributed by atoms with E-state index >= 15 is 0 Å². The Morgan fingerprint density at radius 3 is 2.56 bits per heavy atom. The van der Waals surface area contributed by atoms with Gasteiger partial charge in [0.05, 0.1) is 6.04 Å². The molecule has 18 heavy (non-hydrogen) atoms. The van der Waals surface area contributed by atoms with Crippen LogP contribution in [0.3, 0.4) is 0 Å². The zero-order valence-electron chi connectivity index (χ0n) is 11.9. The molecule has 0 spiro atoms. The fourth-order valence-electron chi connectivity index (χ4n) is 2.46. The molecule has 4 nitrogen and oxygen atoms in total. The molecule has 1 fully saturated rings. The molecule has 106 valence electrons. The summed E-state index contributed by atoms with van der Waals surface area (Å²) in [6, 6.07) is -0.303. The van der Waals surface area contributed by atoms with Gasteiger partial charge in [0.25, 0.3) is 0 Å². The second-order valence-corrected chi connectivity index (χ2v) is 6.40. The molecule has 0 saturated carbocycles. The first kappa shape index (κ1) is 15.8. The number of likely N-dealkylation sites (tertiary alicyclic amines) is 1. The van der Waals surface area contributed by atoms with Crippen LogP contribution in [-0.2, 0) is 4.79 Å². The fraction of sp³-hybridized carbons (Fsp3) is 0.923. The molecule has 1 aliphatic rings. The lowest BCUT2D eigenvalue weighted by molar-refractivity contribution is -0.134. The van der Waals surface area contributed by atoms with E-state index in [1.165, 1.54) is 0 Å². The van der Waals surface area contributed by atoms with Crippen molar-refractivity contribution < 1.29 is 4.79 Å². The molecule has 1 amide bonds. The number of hydrogen-bond donors (Lipinski definition) is 1. The maximum absolute atomic E-state index is 12.1. The molecule has 1 saturated heterocycles. The first-order chi connectivity index (χ1) is 8.54. The Bertz CT molecular complexity index is 253. The van der Waals surface area contributed by atoms with Gasteiger partial charge in [-0.3, -0.25) is 4.79 Å². The van der Waals surface area contributed by atoms with E-state index in [2.05, 4.69) is 19.0 Å². The van der Waals surface area contributed by atoms with Crippen LogP contribution in [-0.4, -0.2) is 67.5 Å². The summed E-state index contributed by atoms with van der Waals surface area (Å²) in [7, 11) is 4.21. The molecule has 0 radical (unpaired) electrons. The van der Waals surface area contributed by atoms with Crippen molar-refractivity contribution in [2.75, 3.05) is 45.7 Å². The Morgan fingerprint density at radius 2 is 2.06 bits per heavy atom. The van der Waals surface area contributed by atoms with Gasteiger partial charge in [-0.1, -0.05) is 0 Å². The van der Waals surface area contributed by atoms with Crippen molar-refractivity contribution in [3.8, 4) is 0 Å². The number of thioether (sulfide) groups is 1. The normalized spacial score (nSPS) is 19.3. The summed E-state index contributed by atoms with van der Waals surface area (Å²) in [6.07, 6.45) is 5.06. The van der Waals surface area contributed by atoms with Crippen molar-refractivity contribution in [1.29, 1.82) is 0 Å². The lowest BCUT2D eigenvalue weighted by Gasteiger charge is -2.34. The van der Waals surface area contributed by atoms with Gasteiger partial charge in [-0.25, -0.2) is 0 Å². The molecule has 1 rings (SSSR count). The summed E-state index contributed by atoms with van der Waals surface area (Å²) in [5, 5.41) is 0. The highest BCUT2D eigenvalue weighted by atomic mass is 32.2. The number of carbonyl (C=O) groups is 1. The molecule has 0 bridgehead atoms. The van der Waals surface area contributed by atoms with Crippen molar-refractivity contribution in [2.24, 2.45) is 11.7 Å². The molecule has 0 aromatic heterocycles. The third-order valence-corrected chi connectivity index (χ3v) is 4.14. The number of rotatable bonds is 6. The highest BCUT2D eigenvalue weighted by Gasteiger charge is 2.26. The number of hydrogen-bond acceptors (Lipinski definition) is 4. The van der Waals surface area contributed by atoms with Crippen LogP contribution >= 0.6 is 11.8 Å². The molecule has 0 aromatic rings. The monoisotopic (exact) mass is 273 g/mol. The van der Waals surface area contributed by atoms with Crippen LogP contribution in [0.1, 0.15) is 19.3 Å². The van der Waals surface area contributed by atoms with Crippen molar-refractivity contribution in [2.45, 2.75) is 25.3 Å². The van der Waals surface area contributed by atoms with Crippen LogP contribution in [0.2, 0.25) is 0 Å². The van der Waals surface area contributed by atoms with E-state index in [1.54, 1.807) is 11.8 Å². The maximum atomic E-state index is 12.1. The predicted octanol–water partition coefficient (Wildman–Crippen LogP) is 0.867. The quantitative estimate of drug-likeness (QED) is 0.780. The number of nitrogens with zero attached hydrogens (tertiary/aromatic N) is 2. The molecule has 0 unspecified atom stereocenters. The fourth-order valence-corrected chi connectivity index (χ4v) is 2.94. The molecule has 0 aliphatic carbocycles. The van der Waals surface area contributed by atoms with Gasteiger partial charge in [0.1, 0.15) is 0 Å². The first-order valence-electron chi connectivity index (χ1n) is 6.72. The average Bonchev–Trinajstić information content (AvgIpc) is 2.35. The smallest absolute Gasteiger partial charge is 0.239 e. The van der Waals surface area contributed by atoms with E-state index < -0.39 is 0 Å². The van der Waals surface area contributed by atoms with Crippen molar-refractivity contribution in [3.63, 3.8) is 0 Å². The topological polar surface area (TPSA) is 49.6 Å². The molecule has 1 heterocycles. The minimum Gasteiger partial charge on any atom is -0.341 e. The molecular formula is C13H27N3OS. The van der Waals surface area contributed by atoms with Crippen LogP contribution in [0, 0.1) is 5.92 Å². The van der Waals surface area contributed by atoms with Crippen LogP contribution in [0.5, 0.6) is 0 Å². The van der Waals surface area contributed by atoms with E-state index in [9.17, 15) is 4.79 Å². The van der Waals surface area contributed by atoms with Gasteiger partial charge in [0.2, 0.25) is 5.91 Å². The summed E-state index contributed by atoms with van der Waals surface area (Å²) in [6.45, 7) is 2.88. The lowest BCUT2D eigenvalue weighted by atomic mass is 9.96. The lowest BCUT2D eigenvalue weighted by Crippen LogP contribution is -2.48. The largest absolute Gasteiger partial charge is 0.341 e. The van der Waals surface area contributed by atoms with Crippen molar-refractivity contribution >= 4 is 17.7 Å². The van der Waals surface area contributed by atoms with Gasteiger partial charge in [-0.2, -0.15) is 11.8 Å².